The monoisotopic (exact) mass is 521 g/mol. The summed E-state index contributed by atoms with van der Waals surface area (Å²) in [6, 6.07) is 14.0. The molecule has 0 bridgehead atoms. The lowest BCUT2D eigenvalue weighted by atomic mass is 9.78. The van der Waals surface area contributed by atoms with Gasteiger partial charge in [-0.15, -0.1) is 0 Å². The number of carboxylic acids is 1. The van der Waals surface area contributed by atoms with E-state index in [1.165, 1.54) is 0 Å². The number of carbonyl (C=O) groups is 1. The number of aliphatic hydroxyl groups is 1. The van der Waals surface area contributed by atoms with Gasteiger partial charge in [0.1, 0.15) is 5.82 Å². The van der Waals surface area contributed by atoms with Crippen LogP contribution < -0.4 is 5.73 Å². The zero-order valence-electron chi connectivity index (χ0n) is 18.3. The molecule has 34 heavy (non-hydrogen) atoms. The number of fused-ring (bicyclic) bond motifs is 1. The van der Waals surface area contributed by atoms with Crippen molar-refractivity contribution in [2.45, 2.75) is 37.7 Å². The number of aromatic nitrogens is 4. The molecule has 0 spiro atoms. The normalized spacial score (nSPS) is 19.2. The van der Waals surface area contributed by atoms with Crippen molar-refractivity contribution in [1.29, 1.82) is 0 Å². The molecule has 1 atom stereocenters. The third-order valence-electron chi connectivity index (χ3n) is 6.65. The van der Waals surface area contributed by atoms with E-state index in [-0.39, 0.29) is 11.8 Å². The van der Waals surface area contributed by atoms with E-state index < -0.39 is 12.1 Å². The number of anilines is 1. The number of nitrogens with two attached hydrogens (primary N) is 1. The molecule has 174 valence electrons. The number of aliphatic carboxylic acids is 1. The van der Waals surface area contributed by atoms with Gasteiger partial charge in [-0.25, -0.2) is 9.78 Å². The average Bonchev–Trinajstić information content (AvgIpc) is 3.30. The summed E-state index contributed by atoms with van der Waals surface area (Å²) in [5.41, 5.74) is 11.6. The molecule has 1 saturated carbocycles. The Balaban J connectivity index is 1.46. The molecule has 9 heteroatoms. The highest BCUT2D eigenvalue weighted by atomic mass is 79.9. The fourth-order valence-electron chi connectivity index (χ4n) is 4.73. The molecule has 0 radical (unpaired) electrons. The Labute approximate surface area is 204 Å². The molecule has 1 aliphatic rings. The summed E-state index contributed by atoms with van der Waals surface area (Å²) in [4.78, 5) is 20.7. The van der Waals surface area contributed by atoms with Crippen molar-refractivity contribution in [2.24, 2.45) is 5.92 Å². The standard InChI is InChI=1S/C25H24BrN5O3/c26-20-21(15-6-8-16(9-7-15)22(32)25(33)34)30-24-18(13-29-31(24)23(20)27)17-10-11-19(28-12-17)14-4-2-1-3-5-14/h1-5,10-13,15-16,22,32H,6-9,27H2,(H,33,34)/t15?,16?,22-/m0/s1. The molecule has 3 aromatic heterocycles. The molecular formula is C25H24BrN5O3. The average molecular weight is 522 g/mol. The van der Waals surface area contributed by atoms with Gasteiger partial charge in [0.25, 0.3) is 0 Å². The number of halogens is 1. The third kappa shape index (κ3) is 4.05. The maximum atomic E-state index is 11.1. The van der Waals surface area contributed by atoms with Gasteiger partial charge in [-0.05, 0) is 53.6 Å². The van der Waals surface area contributed by atoms with Crippen LogP contribution in [0.5, 0.6) is 0 Å². The van der Waals surface area contributed by atoms with Crippen LogP contribution in [0.2, 0.25) is 0 Å². The summed E-state index contributed by atoms with van der Waals surface area (Å²) < 4.78 is 2.32. The number of aliphatic hydroxyl groups excluding tert-OH is 1. The Kier molecular flexibility index (Phi) is 6.05. The van der Waals surface area contributed by atoms with E-state index in [1.807, 2.05) is 48.7 Å². The number of hydrogen-bond acceptors (Lipinski definition) is 6. The second kappa shape index (κ2) is 9.15. The van der Waals surface area contributed by atoms with Crippen LogP contribution >= 0.6 is 15.9 Å². The lowest BCUT2D eigenvalue weighted by Crippen LogP contribution is -2.32. The number of nitrogen functional groups attached to an aromatic ring is 1. The molecule has 4 aromatic rings. The predicted molar refractivity (Wildman–Crippen MR) is 132 cm³/mol. The van der Waals surface area contributed by atoms with Gasteiger partial charge in [0.2, 0.25) is 0 Å². The summed E-state index contributed by atoms with van der Waals surface area (Å²) in [6.07, 6.45) is 4.94. The first kappa shape index (κ1) is 22.5. The molecule has 1 fully saturated rings. The first-order chi connectivity index (χ1) is 16.4. The van der Waals surface area contributed by atoms with E-state index in [9.17, 15) is 9.90 Å². The zero-order valence-corrected chi connectivity index (χ0v) is 19.9. The van der Waals surface area contributed by atoms with Crippen LogP contribution in [-0.4, -0.2) is 41.9 Å². The van der Waals surface area contributed by atoms with Gasteiger partial charge in [0.15, 0.2) is 11.8 Å². The van der Waals surface area contributed by atoms with E-state index in [0.717, 1.165) is 40.9 Å². The molecule has 0 amide bonds. The molecular weight excluding hydrogens is 498 g/mol. The predicted octanol–water partition coefficient (Wildman–Crippen LogP) is 4.52. The van der Waals surface area contributed by atoms with E-state index >= 15 is 0 Å². The van der Waals surface area contributed by atoms with E-state index in [2.05, 4.69) is 26.0 Å². The van der Waals surface area contributed by atoms with Gasteiger partial charge >= 0.3 is 5.97 Å². The van der Waals surface area contributed by atoms with Crippen LogP contribution in [-0.2, 0) is 4.79 Å². The fourth-order valence-corrected chi connectivity index (χ4v) is 5.31. The number of hydrogen-bond donors (Lipinski definition) is 3. The highest BCUT2D eigenvalue weighted by Gasteiger charge is 2.33. The second-order valence-electron chi connectivity index (χ2n) is 8.68. The minimum Gasteiger partial charge on any atom is -0.479 e. The van der Waals surface area contributed by atoms with Gasteiger partial charge in [-0.3, -0.25) is 4.98 Å². The Morgan fingerprint density at radius 2 is 1.79 bits per heavy atom. The second-order valence-corrected chi connectivity index (χ2v) is 9.48. The van der Waals surface area contributed by atoms with Crippen molar-refractivity contribution < 1.29 is 15.0 Å². The van der Waals surface area contributed by atoms with E-state index in [1.54, 1.807) is 10.7 Å². The van der Waals surface area contributed by atoms with Crippen LogP contribution in [0, 0.1) is 5.92 Å². The smallest absolute Gasteiger partial charge is 0.332 e. The van der Waals surface area contributed by atoms with Crippen LogP contribution in [0.25, 0.3) is 28.0 Å². The summed E-state index contributed by atoms with van der Waals surface area (Å²) >= 11 is 3.60. The first-order valence-corrected chi connectivity index (χ1v) is 12.0. The fraction of sp³-hybridized carbons (Fsp3) is 0.280. The molecule has 5 rings (SSSR count). The Morgan fingerprint density at radius 1 is 1.06 bits per heavy atom. The summed E-state index contributed by atoms with van der Waals surface area (Å²) in [5, 5.41) is 23.5. The number of carboxylic acid groups (broad SMARTS) is 1. The van der Waals surface area contributed by atoms with Crippen molar-refractivity contribution in [3.63, 3.8) is 0 Å². The van der Waals surface area contributed by atoms with Gasteiger partial charge in [0.05, 0.1) is 22.1 Å². The number of nitrogens with zero attached hydrogens (tertiary/aromatic N) is 4. The van der Waals surface area contributed by atoms with E-state index in [0.29, 0.717) is 28.8 Å². The quantitative estimate of drug-likeness (QED) is 0.352. The molecule has 8 nitrogen and oxygen atoms in total. The minimum absolute atomic E-state index is 0.111. The van der Waals surface area contributed by atoms with Crippen molar-refractivity contribution in [1.82, 2.24) is 19.6 Å². The van der Waals surface area contributed by atoms with Crippen LogP contribution in [0.1, 0.15) is 37.3 Å². The first-order valence-electron chi connectivity index (χ1n) is 11.2. The topological polar surface area (TPSA) is 127 Å². The molecule has 3 heterocycles. The van der Waals surface area contributed by atoms with Gasteiger partial charge < -0.3 is 15.9 Å². The summed E-state index contributed by atoms with van der Waals surface area (Å²) in [7, 11) is 0. The molecule has 0 saturated heterocycles. The Bertz CT molecular complexity index is 1330. The summed E-state index contributed by atoms with van der Waals surface area (Å²) in [5.74, 6) is -0.828. The van der Waals surface area contributed by atoms with Crippen molar-refractivity contribution >= 4 is 33.4 Å². The molecule has 0 unspecified atom stereocenters. The maximum absolute atomic E-state index is 11.1. The van der Waals surface area contributed by atoms with Crippen LogP contribution in [0.4, 0.5) is 5.82 Å². The Morgan fingerprint density at radius 3 is 2.44 bits per heavy atom. The SMILES string of the molecule is Nc1c(Br)c(C2CCC([C@H](O)C(=O)O)CC2)nc2c(-c3ccc(-c4ccccc4)nc3)cnn12. The molecule has 0 aliphatic heterocycles. The maximum Gasteiger partial charge on any atom is 0.332 e. The highest BCUT2D eigenvalue weighted by Crippen LogP contribution is 2.41. The largest absolute Gasteiger partial charge is 0.479 e. The van der Waals surface area contributed by atoms with Crippen molar-refractivity contribution in [3.05, 3.63) is 65.0 Å². The van der Waals surface area contributed by atoms with Crippen LogP contribution in [0.3, 0.4) is 0 Å². The van der Waals surface area contributed by atoms with Gasteiger partial charge in [-0.2, -0.15) is 9.61 Å². The lowest BCUT2D eigenvalue weighted by Gasteiger charge is -2.30. The van der Waals surface area contributed by atoms with E-state index in [4.69, 9.17) is 15.8 Å². The molecule has 4 N–H and O–H groups in total. The third-order valence-corrected chi connectivity index (χ3v) is 7.46. The highest BCUT2D eigenvalue weighted by molar-refractivity contribution is 9.10. The zero-order chi connectivity index (χ0) is 23.8. The minimum atomic E-state index is -1.32. The molecule has 1 aliphatic carbocycles. The van der Waals surface area contributed by atoms with Crippen LogP contribution in [0.15, 0.2) is 59.3 Å². The number of pyridine rings is 1. The van der Waals surface area contributed by atoms with Crippen molar-refractivity contribution in [3.8, 4) is 22.4 Å². The number of benzene rings is 1. The Hall–Kier alpha value is -3.30. The van der Waals surface area contributed by atoms with Crippen molar-refractivity contribution in [2.75, 3.05) is 5.73 Å². The van der Waals surface area contributed by atoms with Gasteiger partial charge in [-0.1, -0.05) is 36.4 Å². The summed E-state index contributed by atoms with van der Waals surface area (Å²) in [6.45, 7) is 0. The van der Waals surface area contributed by atoms with Gasteiger partial charge in [0, 0.05) is 28.8 Å². The lowest BCUT2D eigenvalue weighted by molar-refractivity contribution is -0.150. The number of rotatable bonds is 5. The molecule has 1 aromatic carbocycles.